The summed E-state index contributed by atoms with van der Waals surface area (Å²) in [6.07, 6.45) is 9.27. The summed E-state index contributed by atoms with van der Waals surface area (Å²) >= 11 is 0. The Labute approximate surface area is 191 Å². The Hall–Kier alpha value is -2.72. The van der Waals surface area contributed by atoms with Crippen LogP contribution in [0.2, 0.25) is 0 Å². The van der Waals surface area contributed by atoms with Gasteiger partial charge in [-0.25, -0.2) is 0 Å². The van der Waals surface area contributed by atoms with Crippen molar-refractivity contribution in [1.29, 1.82) is 0 Å². The largest absolute Gasteiger partial charge is 0.556 e. The highest BCUT2D eigenvalue weighted by molar-refractivity contribution is 7.39. The number of ether oxygens (including phenoxy) is 1. The average molecular weight is 459 g/mol. The molecule has 0 aliphatic heterocycles. The maximum absolute atomic E-state index is 12.0. The normalized spacial score (nSPS) is 11.0. The second-order valence-electron chi connectivity index (χ2n) is 7.72. The molecule has 1 amide bonds. The van der Waals surface area contributed by atoms with Crippen LogP contribution < -0.4 is 14.6 Å². The third kappa shape index (κ3) is 11.6. The first-order valence-electron chi connectivity index (χ1n) is 11.3. The van der Waals surface area contributed by atoms with Crippen molar-refractivity contribution in [3.63, 3.8) is 0 Å². The lowest BCUT2D eigenvalue weighted by Crippen LogP contribution is -2.09. The van der Waals surface area contributed by atoms with Gasteiger partial charge in [0.2, 0.25) is 5.91 Å². The van der Waals surface area contributed by atoms with Gasteiger partial charge in [-0.05, 0) is 48.1 Å². The predicted octanol–water partition coefficient (Wildman–Crippen LogP) is 6.88. The molecule has 6 nitrogen and oxygen atoms in total. The van der Waals surface area contributed by atoms with E-state index in [2.05, 4.69) is 5.32 Å². The zero-order valence-electron chi connectivity index (χ0n) is 18.8. The Bertz CT molecular complexity index is 856. The molecule has 0 saturated heterocycles. The summed E-state index contributed by atoms with van der Waals surface area (Å²) in [4.78, 5) is 23.1. The molecule has 0 bridgehead atoms. The standard InChI is InChI=1S/C25H32NO5P/c1-21(27)26-22-14-13-17-24(20-22)30-25(28)18-11-6-4-2-3-5-7-12-19-32(29)31-23-15-9-8-10-16-23/h8-10,13-17,20H,2-7,11-12,18-19H2,1H3/p+1. The molecule has 0 heterocycles. The number of amides is 1. The smallest absolute Gasteiger partial charge is 0.426 e. The van der Waals surface area contributed by atoms with E-state index in [-0.39, 0.29) is 11.9 Å². The third-order valence-electron chi connectivity index (χ3n) is 4.81. The maximum Gasteiger partial charge on any atom is 0.556 e. The van der Waals surface area contributed by atoms with Crippen molar-refractivity contribution in [3.8, 4) is 11.5 Å². The number of unbranched alkanes of at least 4 members (excludes halogenated alkanes) is 7. The molecule has 2 aromatic carbocycles. The van der Waals surface area contributed by atoms with Gasteiger partial charge >= 0.3 is 14.0 Å². The topological polar surface area (TPSA) is 81.7 Å². The Balaban J connectivity index is 1.44. The molecule has 2 aromatic rings. The first kappa shape index (κ1) is 25.5. The zero-order chi connectivity index (χ0) is 23.0. The molecule has 0 aromatic heterocycles. The number of hydrogen-bond acceptors (Lipinski definition) is 5. The van der Waals surface area contributed by atoms with Gasteiger partial charge in [0.25, 0.3) is 0 Å². The number of anilines is 1. The minimum Gasteiger partial charge on any atom is -0.426 e. The van der Waals surface area contributed by atoms with Crippen molar-refractivity contribution < 1.29 is 23.4 Å². The van der Waals surface area contributed by atoms with Gasteiger partial charge in [0.15, 0.2) is 11.9 Å². The Morgan fingerprint density at radius 2 is 1.44 bits per heavy atom. The molecule has 0 fully saturated rings. The van der Waals surface area contributed by atoms with Gasteiger partial charge in [-0.15, -0.1) is 0 Å². The van der Waals surface area contributed by atoms with Crippen LogP contribution in [0, 0.1) is 0 Å². The van der Waals surface area contributed by atoms with Gasteiger partial charge in [0, 0.05) is 25.1 Å². The average Bonchev–Trinajstić information content (AvgIpc) is 2.75. The van der Waals surface area contributed by atoms with Crippen molar-refractivity contribution in [2.75, 3.05) is 11.5 Å². The summed E-state index contributed by atoms with van der Waals surface area (Å²) in [5.41, 5.74) is 0.610. The van der Waals surface area contributed by atoms with E-state index in [4.69, 9.17) is 9.26 Å². The molecule has 172 valence electrons. The minimum atomic E-state index is -1.63. The number of nitrogens with one attached hydrogen (secondary N) is 1. The van der Waals surface area contributed by atoms with Crippen molar-refractivity contribution in [1.82, 2.24) is 0 Å². The van der Waals surface area contributed by atoms with E-state index in [1.807, 2.05) is 30.3 Å². The summed E-state index contributed by atoms with van der Waals surface area (Å²) in [5.74, 6) is 0.686. The third-order valence-corrected chi connectivity index (χ3v) is 5.90. The molecule has 1 unspecified atom stereocenters. The van der Waals surface area contributed by atoms with Crippen LogP contribution in [0.3, 0.4) is 0 Å². The Morgan fingerprint density at radius 1 is 0.812 bits per heavy atom. The van der Waals surface area contributed by atoms with E-state index in [0.29, 0.717) is 29.8 Å². The Kier molecular flexibility index (Phi) is 12.1. The van der Waals surface area contributed by atoms with Crippen molar-refractivity contribution in [2.45, 2.75) is 64.7 Å². The van der Waals surface area contributed by atoms with Gasteiger partial charge < -0.3 is 10.1 Å². The maximum atomic E-state index is 12.0. The molecule has 0 aliphatic carbocycles. The highest BCUT2D eigenvalue weighted by Crippen LogP contribution is 2.28. The molecule has 1 atom stereocenters. The lowest BCUT2D eigenvalue weighted by Gasteiger charge is -2.07. The lowest BCUT2D eigenvalue weighted by molar-refractivity contribution is -0.134. The number of esters is 1. The molecule has 0 saturated carbocycles. The summed E-state index contributed by atoms with van der Waals surface area (Å²) in [6, 6.07) is 16.1. The second kappa shape index (κ2) is 15.1. The molecule has 0 spiro atoms. The van der Waals surface area contributed by atoms with Crippen LogP contribution >= 0.6 is 8.03 Å². The van der Waals surface area contributed by atoms with Crippen LogP contribution in [0.15, 0.2) is 54.6 Å². The highest BCUT2D eigenvalue weighted by Gasteiger charge is 2.17. The minimum absolute atomic E-state index is 0.166. The van der Waals surface area contributed by atoms with E-state index in [0.717, 1.165) is 51.4 Å². The van der Waals surface area contributed by atoms with Gasteiger partial charge in [-0.1, -0.05) is 56.4 Å². The molecule has 2 rings (SSSR count). The molecule has 0 radical (unpaired) electrons. The lowest BCUT2D eigenvalue weighted by atomic mass is 10.1. The van der Waals surface area contributed by atoms with Crippen molar-refractivity contribution >= 4 is 25.6 Å². The summed E-state index contributed by atoms with van der Waals surface area (Å²) < 4.78 is 22.7. The fourth-order valence-corrected chi connectivity index (χ4v) is 4.17. The number of rotatable bonds is 15. The second-order valence-corrected chi connectivity index (χ2v) is 9.02. The van der Waals surface area contributed by atoms with Gasteiger partial charge in [0.1, 0.15) is 5.75 Å². The van der Waals surface area contributed by atoms with E-state index < -0.39 is 8.03 Å². The van der Waals surface area contributed by atoms with Crippen LogP contribution in [0.25, 0.3) is 0 Å². The first-order chi connectivity index (χ1) is 15.5. The number of benzene rings is 2. The van der Waals surface area contributed by atoms with Crippen LogP contribution in [-0.2, 0) is 14.2 Å². The Morgan fingerprint density at radius 3 is 2.12 bits per heavy atom. The SMILES string of the molecule is CC(=O)Nc1cccc(OC(=O)CCCCCCCCCC[P+](=O)Oc2ccccc2)c1. The highest BCUT2D eigenvalue weighted by atomic mass is 31.1. The fraction of sp³-hybridized carbons (Fsp3) is 0.440. The zero-order valence-corrected chi connectivity index (χ0v) is 19.7. The molecular weight excluding hydrogens is 425 g/mol. The molecule has 32 heavy (non-hydrogen) atoms. The van der Waals surface area contributed by atoms with Crippen LogP contribution in [-0.4, -0.2) is 18.0 Å². The quantitative estimate of drug-likeness (QED) is 0.136. The van der Waals surface area contributed by atoms with Gasteiger partial charge in [-0.3, -0.25) is 14.1 Å². The monoisotopic (exact) mass is 458 g/mol. The summed E-state index contributed by atoms with van der Waals surface area (Å²) in [7, 11) is -1.63. The molecule has 7 heteroatoms. The number of para-hydroxylation sites is 1. The molecule has 0 aliphatic rings. The predicted molar refractivity (Wildman–Crippen MR) is 127 cm³/mol. The number of carbonyl (C=O) groups is 2. The summed E-state index contributed by atoms with van der Waals surface area (Å²) in [5, 5.41) is 2.67. The van der Waals surface area contributed by atoms with Crippen molar-refractivity contribution in [3.05, 3.63) is 54.6 Å². The van der Waals surface area contributed by atoms with Crippen LogP contribution in [0.4, 0.5) is 5.69 Å². The number of hydrogen-bond donors (Lipinski definition) is 1. The summed E-state index contributed by atoms with van der Waals surface area (Å²) in [6.45, 7) is 1.43. The van der Waals surface area contributed by atoms with Gasteiger partial charge in [0.05, 0.1) is 0 Å². The van der Waals surface area contributed by atoms with E-state index in [9.17, 15) is 14.2 Å². The molecule has 1 N–H and O–H groups in total. The van der Waals surface area contributed by atoms with E-state index >= 15 is 0 Å². The van der Waals surface area contributed by atoms with E-state index in [1.165, 1.54) is 6.92 Å². The van der Waals surface area contributed by atoms with Crippen molar-refractivity contribution in [2.24, 2.45) is 0 Å². The van der Waals surface area contributed by atoms with E-state index in [1.54, 1.807) is 24.3 Å². The first-order valence-corrected chi connectivity index (χ1v) is 12.7. The fourth-order valence-electron chi connectivity index (χ4n) is 3.24. The van der Waals surface area contributed by atoms with Crippen LogP contribution in [0.1, 0.15) is 64.7 Å². The van der Waals surface area contributed by atoms with Crippen LogP contribution in [0.5, 0.6) is 11.5 Å². The number of carbonyl (C=O) groups excluding carboxylic acids is 2. The van der Waals surface area contributed by atoms with Gasteiger partial charge in [-0.2, -0.15) is 0 Å². The molecular formula is C25H33NO5P+.